The molecule has 102 valence electrons. The van der Waals surface area contributed by atoms with Gasteiger partial charge in [0.1, 0.15) is 5.60 Å². The Morgan fingerprint density at radius 3 is 2.47 bits per heavy atom. The average molecular weight is 261 g/mol. The van der Waals surface area contributed by atoms with Gasteiger partial charge in [-0.25, -0.2) is 4.79 Å². The molecular weight excluding hydrogens is 242 g/mol. The number of benzene rings is 1. The lowest BCUT2D eigenvalue weighted by Crippen LogP contribution is -2.23. The average Bonchev–Trinajstić information content (AvgIpc) is 2.33. The molecule has 0 spiro atoms. The van der Waals surface area contributed by atoms with Gasteiger partial charge in [-0.2, -0.15) is 0 Å². The molecule has 0 atom stereocenters. The molecule has 1 aromatic rings. The van der Waals surface area contributed by atoms with Crippen LogP contribution in [0.3, 0.4) is 0 Å². The van der Waals surface area contributed by atoms with Crippen LogP contribution in [0.15, 0.2) is 48.1 Å². The second-order valence-electron chi connectivity index (χ2n) is 4.95. The zero-order valence-electron chi connectivity index (χ0n) is 11.6. The van der Waals surface area contributed by atoms with Crippen LogP contribution in [0.2, 0.25) is 0 Å². The van der Waals surface area contributed by atoms with Gasteiger partial charge < -0.3 is 4.74 Å². The summed E-state index contributed by atoms with van der Waals surface area (Å²) in [6.45, 7) is 8.95. The quantitative estimate of drug-likeness (QED) is 0.271. The zero-order valence-corrected chi connectivity index (χ0v) is 11.6. The van der Waals surface area contributed by atoms with E-state index in [-0.39, 0.29) is 0 Å². The van der Waals surface area contributed by atoms with Crippen LogP contribution in [0, 0.1) is 0 Å². The second-order valence-corrected chi connectivity index (χ2v) is 4.95. The first kappa shape index (κ1) is 15.0. The smallest absolute Gasteiger partial charge is 0.427 e. The fourth-order valence-corrected chi connectivity index (χ4v) is 1.34. The molecule has 1 aromatic carbocycles. The van der Waals surface area contributed by atoms with E-state index in [9.17, 15) is 4.79 Å². The van der Waals surface area contributed by atoms with Gasteiger partial charge in [-0.1, -0.05) is 41.6 Å². The Kier molecular flexibility index (Phi) is 5.30. The molecule has 0 bridgehead atoms. The third-order valence-electron chi connectivity index (χ3n) is 2.06. The molecule has 19 heavy (non-hydrogen) atoms. The minimum atomic E-state index is -0.815. The third kappa shape index (κ3) is 5.86. The van der Waals surface area contributed by atoms with E-state index in [0.29, 0.717) is 12.1 Å². The van der Waals surface area contributed by atoms with E-state index in [1.165, 1.54) is 0 Å². The van der Waals surface area contributed by atoms with Gasteiger partial charge >= 0.3 is 6.16 Å². The maximum Gasteiger partial charge on any atom is 0.535 e. The molecule has 0 aliphatic rings. The highest BCUT2D eigenvalue weighted by molar-refractivity contribution is 6.01. The Morgan fingerprint density at radius 2 is 1.95 bits per heavy atom. The van der Waals surface area contributed by atoms with E-state index in [1.807, 2.05) is 30.3 Å². The highest BCUT2D eigenvalue weighted by Gasteiger charge is 2.17. The molecule has 1 rings (SSSR count). The summed E-state index contributed by atoms with van der Waals surface area (Å²) in [4.78, 5) is 16.2. The fourth-order valence-electron chi connectivity index (χ4n) is 1.34. The lowest BCUT2D eigenvalue weighted by molar-refractivity contribution is -0.00623. The molecule has 4 heteroatoms. The van der Waals surface area contributed by atoms with Gasteiger partial charge in [0.25, 0.3) is 0 Å². The van der Waals surface area contributed by atoms with Gasteiger partial charge in [0.2, 0.25) is 0 Å². The van der Waals surface area contributed by atoms with Crippen LogP contribution in [-0.4, -0.2) is 17.5 Å². The molecule has 0 N–H and O–H groups in total. The van der Waals surface area contributed by atoms with Crippen molar-refractivity contribution < 1.29 is 14.4 Å². The van der Waals surface area contributed by atoms with Crippen LogP contribution in [-0.2, 0) is 9.57 Å². The molecule has 0 saturated heterocycles. The first-order valence-electron chi connectivity index (χ1n) is 6.05. The van der Waals surface area contributed by atoms with Gasteiger partial charge in [0.05, 0.1) is 5.71 Å². The van der Waals surface area contributed by atoms with Crippen LogP contribution in [0.25, 0.3) is 0 Å². The van der Waals surface area contributed by atoms with Crippen molar-refractivity contribution >= 4 is 11.9 Å². The third-order valence-corrected chi connectivity index (χ3v) is 2.06. The summed E-state index contributed by atoms with van der Waals surface area (Å²) in [5.74, 6) is 0. The summed E-state index contributed by atoms with van der Waals surface area (Å²) >= 11 is 0. The van der Waals surface area contributed by atoms with E-state index in [2.05, 4.69) is 11.7 Å². The molecule has 0 fully saturated rings. The Morgan fingerprint density at radius 1 is 1.32 bits per heavy atom. The van der Waals surface area contributed by atoms with Gasteiger partial charge in [0.15, 0.2) is 0 Å². The second kappa shape index (κ2) is 6.73. The van der Waals surface area contributed by atoms with E-state index >= 15 is 0 Å². The number of carbonyl (C=O) groups excluding carboxylic acids is 1. The van der Waals surface area contributed by atoms with Crippen molar-refractivity contribution in [2.45, 2.75) is 32.8 Å². The summed E-state index contributed by atoms with van der Waals surface area (Å²) in [6.07, 6.45) is 1.39. The lowest BCUT2D eigenvalue weighted by Gasteiger charge is -2.17. The largest absolute Gasteiger partial charge is 0.535 e. The Labute approximate surface area is 113 Å². The highest BCUT2D eigenvalue weighted by Crippen LogP contribution is 2.10. The van der Waals surface area contributed by atoms with E-state index < -0.39 is 11.8 Å². The van der Waals surface area contributed by atoms with Gasteiger partial charge in [0, 0.05) is 6.42 Å². The van der Waals surface area contributed by atoms with Crippen molar-refractivity contribution in [2.24, 2.45) is 5.16 Å². The van der Waals surface area contributed by atoms with Crippen molar-refractivity contribution in [3.8, 4) is 0 Å². The predicted octanol–water partition coefficient (Wildman–Crippen LogP) is 3.92. The molecule has 4 nitrogen and oxygen atoms in total. The molecule has 0 aromatic heterocycles. The Bertz CT molecular complexity index is 458. The topological polar surface area (TPSA) is 47.9 Å². The first-order valence-corrected chi connectivity index (χ1v) is 6.05. The molecular formula is C15H19NO3. The maximum absolute atomic E-state index is 11.4. The number of oxime groups is 1. The molecule has 0 amide bonds. The molecule has 0 heterocycles. The van der Waals surface area contributed by atoms with E-state index in [1.54, 1.807) is 26.8 Å². The molecule has 0 unspecified atom stereocenters. The Hall–Kier alpha value is -2.10. The zero-order chi connectivity index (χ0) is 14.3. The molecule has 0 aliphatic heterocycles. The number of rotatable bonds is 4. The minimum Gasteiger partial charge on any atom is -0.427 e. The molecule has 0 radical (unpaired) electrons. The summed E-state index contributed by atoms with van der Waals surface area (Å²) in [5, 5.41) is 3.84. The number of hydrogen-bond acceptors (Lipinski definition) is 4. The monoisotopic (exact) mass is 261 g/mol. The standard InChI is InChI=1S/C15H19NO3/c1-5-9-13(12-10-7-6-8-11-12)16-19-14(17)18-15(2,3)4/h5-8,10-11H,1,9H2,2-4H3/b16-13+. The van der Waals surface area contributed by atoms with Crippen LogP contribution in [0.1, 0.15) is 32.8 Å². The first-order chi connectivity index (χ1) is 8.92. The Balaban J connectivity index is 2.75. The predicted molar refractivity (Wildman–Crippen MR) is 75.1 cm³/mol. The lowest BCUT2D eigenvalue weighted by atomic mass is 10.1. The summed E-state index contributed by atoms with van der Waals surface area (Å²) in [5.41, 5.74) is 0.908. The molecule has 0 aliphatic carbocycles. The SMILES string of the molecule is C=CC/C(=N\OC(=O)OC(C)(C)C)c1ccccc1. The number of nitrogens with zero attached hydrogens (tertiary/aromatic N) is 1. The van der Waals surface area contributed by atoms with Crippen molar-refractivity contribution in [3.63, 3.8) is 0 Å². The fraction of sp³-hybridized carbons (Fsp3) is 0.333. The van der Waals surface area contributed by atoms with E-state index in [4.69, 9.17) is 9.57 Å². The van der Waals surface area contributed by atoms with Crippen LogP contribution >= 0.6 is 0 Å². The van der Waals surface area contributed by atoms with Crippen molar-refractivity contribution in [1.82, 2.24) is 0 Å². The van der Waals surface area contributed by atoms with E-state index in [0.717, 1.165) is 5.56 Å². The minimum absolute atomic E-state index is 0.507. The summed E-state index contributed by atoms with van der Waals surface area (Å²) in [6, 6.07) is 9.47. The van der Waals surface area contributed by atoms with Crippen LogP contribution in [0.5, 0.6) is 0 Å². The number of allylic oxidation sites excluding steroid dienone is 1. The van der Waals surface area contributed by atoms with Gasteiger partial charge in [-0.15, -0.1) is 6.58 Å². The number of hydrogen-bond donors (Lipinski definition) is 0. The highest BCUT2D eigenvalue weighted by atomic mass is 16.8. The maximum atomic E-state index is 11.4. The van der Waals surface area contributed by atoms with Crippen molar-refractivity contribution in [2.75, 3.05) is 0 Å². The summed E-state index contributed by atoms with van der Waals surface area (Å²) < 4.78 is 5.01. The van der Waals surface area contributed by atoms with Crippen LogP contribution in [0.4, 0.5) is 4.79 Å². The van der Waals surface area contributed by atoms with Gasteiger partial charge in [-0.3, -0.25) is 4.84 Å². The normalized spacial score (nSPS) is 11.8. The van der Waals surface area contributed by atoms with Crippen LogP contribution < -0.4 is 0 Å². The number of carbonyl (C=O) groups is 1. The number of ether oxygens (including phenoxy) is 1. The van der Waals surface area contributed by atoms with Gasteiger partial charge in [-0.05, 0) is 26.3 Å². The van der Waals surface area contributed by atoms with Crippen molar-refractivity contribution in [3.05, 3.63) is 48.6 Å². The van der Waals surface area contributed by atoms with Crippen molar-refractivity contribution in [1.29, 1.82) is 0 Å². The summed E-state index contributed by atoms with van der Waals surface area (Å²) in [7, 11) is 0. The molecule has 0 saturated carbocycles.